The molecule has 0 aliphatic carbocycles. The Labute approximate surface area is 394 Å². The van der Waals surface area contributed by atoms with Crippen molar-refractivity contribution in [3.63, 3.8) is 0 Å². The molecule has 0 radical (unpaired) electrons. The SMILES string of the molecule is CC(C)(C)OCCCCOC(=O)Nc1ccc(Cc2ccc(NC(=O)C(C)(C)C)cc2)cc1.CC(C)(C)OCCCCOC(=O)Nc1ccc(Cc2ccc(NC(=O)C(C)(C)C)cc2)cc1. The van der Waals surface area contributed by atoms with Gasteiger partial charge in [0.25, 0.3) is 0 Å². The van der Waals surface area contributed by atoms with Gasteiger partial charge < -0.3 is 29.6 Å². The van der Waals surface area contributed by atoms with Gasteiger partial charge in [0.2, 0.25) is 11.8 Å². The van der Waals surface area contributed by atoms with E-state index in [1.807, 2.05) is 180 Å². The topological polar surface area (TPSA) is 153 Å². The molecule has 0 saturated carbocycles. The number of anilines is 4. The molecule has 0 spiro atoms. The zero-order chi connectivity index (χ0) is 49.0. The monoisotopic (exact) mass is 909 g/mol. The van der Waals surface area contributed by atoms with Crippen molar-refractivity contribution in [1.82, 2.24) is 0 Å². The zero-order valence-electron chi connectivity index (χ0n) is 41.6. The first-order valence-corrected chi connectivity index (χ1v) is 23.0. The highest BCUT2D eigenvalue weighted by Gasteiger charge is 2.22. The van der Waals surface area contributed by atoms with E-state index in [1.54, 1.807) is 0 Å². The molecule has 0 atom stereocenters. The van der Waals surface area contributed by atoms with E-state index in [9.17, 15) is 19.2 Å². The lowest BCUT2D eigenvalue weighted by atomic mass is 9.95. The number of nitrogens with one attached hydrogen (secondary N) is 4. The number of rotatable bonds is 18. The lowest BCUT2D eigenvalue weighted by molar-refractivity contribution is -0.123. The maximum atomic E-state index is 12.1. The fourth-order valence-electron chi connectivity index (χ4n) is 5.73. The fourth-order valence-corrected chi connectivity index (χ4v) is 5.73. The molecular weight excluding hydrogens is 833 g/mol. The summed E-state index contributed by atoms with van der Waals surface area (Å²) in [4.78, 5) is 48.1. The minimum atomic E-state index is -0.451. The summed E-state index contributed by atoms with van der Waals surface area (Å²) >= 11 is 0. The van der Waals surface area contributed by atoms with Crippen LogP contribution in [0.4, 0.5) is 32.3 Å². The van der Waals surface area contributed by atoms with Crippen molar-refractivity contribution in [2.24, 2.45) is 10.8 Å². The van der Waals surface area contributed by atoms with Crippen LogP contribution in [0.3, 0.4) is 0 Å². The van der Waals surface area contributed by atoms with Gasteiger partial charge in [-0.2, -0.15) is 0 Å². The van der Waals surface area contributed by atoms with Crippen molar-refractivity contribution in [2.45, 2.75) is 133 Å². The van der Waals surface area contributed by atoms with E-state index in [0.717, 1.165) is 72.2 Å². The standard InChI is InChI=1S/2C27H38N2O4/c2*1-26(2,3)24(30)28-22-13-9-20(10-14-22)19-21-11-15-23(16-12-21)29-25(31)32-17-7-8-18-33-27(4,5)6/h2*9-16H,7-8,17-19H2,1-6H3,(H,28,30)(H,29,31). The summed E-state index contributed by atoms with van der Waals surface area (Å²) in [6.07, 6.45) is 3.85. The fraction of sp³-hybridized carbons (Fsp3) is 0.481. The van der Waals surface area contributed by atoms with Gasteiger partial charge in [0, 0.05) is 46.8 Å². The van der Waals surface area contributed by atoms with E-state index in [4.69, 9.17) is 18.9 Å². The average Bonchev–Trinajstić information content (AvgIpc) is 3.22. The van der Waals surface area contributed by atoms with Gasteiger partial charge >= 0.3 is 12.2 Å². The van der Waals surface area contributed by atoms with Crippen LogP contribution in [0, 0.1) is 10.8 Å². The Balaban J connectivity index is 0.000000350. The van der Waals surface area contributed by atoms with Gasteiger partial charge in [-0.05, 0) is 151 Å². The van der Waals surface area contributed by atoms with Gasteiger partial charge in [-0.3, -0.25) is 20.2 Å². The molecule has 0 fully saturated rings. The van der Waals surface area contributed by atoms with Crippen molar-refractivity contribution >= 4 is 46.8 Å². The zero-order valence-corrected chi connectivity index (χ0v) is 41.6. The third kappa shape index (κ3) is 23.5. The Hall–Kier alpha value is -5.72. The number of hydrogen-bond acceptors (Lipinski definition) is 8. The van der Waals surface area contributed by atoms with E-state index in [-0.39, 0.29) is 23.0 Å². The largest absolute Gasteiger partial charge is 0.449 e. The minimum Gasteiger partial charge on any atom is -0.449 e. The van der Waals surface area contributed by atoms with Crippen LogP contribution in [0.25, 0.3) is 0 Å². The first-order valence-electron chi connectivity index (χ1n) is 23.0. The van der Waals surface area contributed by atoms with Crippen LogP contribution in [0.5, 0.6) is 0 Å². The first-order chi connectivity index (χ1) is 30.8. The maximum Gasteiger partial charge on any atom is 0.411 e. The van der Waals surface area contributed by atoms with Gasteiger partial charge in [-0.15, -0.1) is 0 Å². The van der Waals surface area contributed by atoms with Gasteiger partial charge in [0.05, 0.1) is 24.4 Å². The number of carbonyl (C=O) groups excluding carboxylic acids is 4. The van der Waals surface area contributed by atoms with E-state index >= 15 is 0 Å². The molecule has 0 saturated heterocycles. The van der Waals surface area contributed by atoms with Crippen LogP contribution in [-0.4, -0.2) is 61.6 Å². The third-order valence-corrected chi connectivity index (χ3v) is 9.62. The highest BCUT2D eigenvalue weighted by molar-refractivity contribution is 5.95. The van der Waals surface area contributed by atoms with Crippen LogP contribution >= 0.6 is 0 Å². The van der Waals surface area contributed by atoms with Crippen molar-refractivity contribution in [3.05, 3.63) is 119 Å². The molecule has 4 rings (SSSR count). The molecule has 360 valence electrons. The van der Waals surface area contributed by atoms with Gasteiger partial charge in [0.1, 0.15) is 0 Å². The number of unbranched alkanes of at least 4 members (excludes halogenated alkanes) is 2. The third-order valence-electron chi connectivity index (χ3n) is 9.62. The summed E-state index contributed by atoms with van der Waals surface area (Å²) in [7, 11) is 0. The molecule has 12 nitrogen and oxygen atoms in total. The number of ether oxygens (including phenoxy) is 4. The summed E-state index contributed by atoms with van der Waals surface area (Å²) in [6.45, 7) is 25.5. The lowest BCUT2D eigenvalue weighted by Gasteiger charge is -2.19. The van der Waals surface area contributed by atoms with Gasteiger partial charge in [-0.1, -0.05) is 90.1 Å². The number of amides is 4. The molecule has 0 unspecified atom stereocenters. The second-order valence-electron chi connectivity index (χ2n) is 20.4. The molecule has 0 heterocycles. The predicted octanol–water partition coefficient (Wildman–Crippen LogP) is 12.8. The summed E-state index contributed by atoms with van der Waals surface area (Å²) < 4.78 is 21.7. The Morgan fingerprint density at radius 1 is 0.364 bits per heavy atom. The molecule has 0 aliphatic heterocycles. The number of hydrogen-bond donors (Lipinski definition) is 4. The smallest absolute Gasteiger partial charge is 0.411 e. The van der Waals surface area contributed by atoms with Crippen LogP contribution in [0.15, 0.2) is 97.1 Å². The number of carbonyl (C=O) groups is 4. The first kappa shape index (κ1) is 54.6. The Kier molecular flexibility index (Phi) is 21.4. The Bertz CT molecular complexity index is 1940. The quantitative estimate of drug-likeness (QED) is 0.0720. The van der Waals surface area contributed by atoms with Crippen LogP contribution in [0.2, 0.25) is 0 Å². The molecule has 4 N–H and O–H groups in total. The second kappa shape index (κ2) is 25.8. The van der Waals surface area contributed by atoms with E-state index in [2.05, 4.69) is 21.3 Å². The van der Waals surface area contributed by atoms with Crippen molar-refractivity contribution in [2.75, 3.05) is 47.7 Å². The molecule has 4 amide bonds. The van der Waals surface area contributed by atoms with E-state index in [0.29, 0.717) is 37.8 Å². The molecular formula is C54H76N4O8. The highest BCUT2D eigenvalue weighted by atomic mass is 16.6. The molecule has 0 bridgehead atoms. The highest BCUT2D eigenvalue weighted by Crippen LogP contribution is 2.22. The summed E-state index contributed by atoms with van der Waals surface area (Å²) in [5, 5.41) is 11.4. The van der Waals surface area contributed by atoms with Gasteiger partial charge in [0.15, 0.2) is 0 Å². The summed E-state index contributed by atoms with van der Waals surface area (Å²) in [5.74, 6) is -0.0159. The van der Waals surface area contributed by atoms with E-state index < -0.39 is 23.0 Å². The number of benzene rings is 4. The lowest BCUT2D eigenvalue weighted by Crippen LogP contribution is -2.27. The molecule has 0 aromatic heterocycles. The normalized spacial score (nSPS) is 11.7. The predicted molar refractivity (Wildman–Crippen MR) is 267 cm³/mol. The molecule has 66 heavy (non-hydrogen) atoms. The second-order valence-corrected chi connectivity index (χ2v) is 20.4. The van der Waals surface area contributed by atoms with Crippen molar-refractivity contribution in [1.29, 1.82) is 0 Å². The maximum absolute atomic E-state index is 12.1. The van der Waals surface area contributed by atoms with Gasteiger partial charge in [-0.25, -0.2) is 9.59 Å². The van der Waals surface area contributed by atoms with Crippen molar-refractivity contribution < 1.29 is 38.1 Å². The van der Waals surface area contributed by atoms with Crippen LogP contribution in [0.1, 0.15) is 131 Å². The Morgan fingerprint density at radius 3 is 0.848 bits per heavy atom. The van der Waals surface area contributed by atoms with E-state index in [1.165, 1.54) is 0 Å². The minimum absolute atomic E-state index is 0.00795. The van der Waals surface area contributed by atoms with Crippen LogP contribution < -0.4 is 21.3 Å². The summed E-state index contributed by atoms with van der Waals surface area (Å²) in [5.41, 5.74) is 6.35. The molecule has 12 heteroatoms. The molecule has 4 aromatic rings. The average molecular weight is 909 g/mol. The Morgan fingerprint density at radius 2 is 0.606 bits per heavy atom. The molecule has 4 aromatic carbocycles. The molecule has 0 aliphatic rings. The van der Waals surface area contributed by atoms with Crippen molar-refractivity contribution in [3.8, 4) is 0 Å². The van der Waals surface area contributed by atoms with Crippen LogP contribution in [-0.2, 0) is 41.4 Å². The summed E-state index contributed by atoms with van der Waals surface area (Å²) in [6, 6.07) is 31.1.